The van der Waals surface area contributed by atoms with Crippen LogP contribution in [0.15, 0.2) is 48.7 Å². The first-order valence-corrected chi connectivity index (χ1v) is 12.4. The molecule has 1 aromatic heterocycles. The molecule has 2 N–H and O–H groups in total. The summed E-state index contributed by atoms with van der Waals surface area (Å²) in [4.78, 5) is 6.92. The second-order valence-corrected chi connectivity index (χ2v) is 9.71. The summed E-state index contributed by atoms with van der Waals surface area (Å²) in [6.45, 7) is 8.95. The lowest BCUT2D eigenvalue weighted by atomic mass is 9.84. The number of aromatic nitrogens is 1. The lowest BCUT2D eigenvalue weighted by molar-refractivity contribution is 0.0718. The van der Waals surface area contributed by atoms with E-state index < -0.39 is 6.10 Å². The van der Waals surface area contributed by atoms with E-state index in [2.05, 4.69) is 40.3 Å². The van der Waals surface area contributed by atoms with Crippen LogP contribution in [0, 0.1) is 6.92 Å². The molecule has 0 spiro atoms. The summed E-state index contributed by atoms with van der Waals surface area (Å²) >= 11 is 0. The van der Waals surface area contributed by atoms with E-state index in [0.29, 0.717) is 19.8 Å². The molecule has 1 fully saturated rings. The van der Waals surface area contributed by atoms with Gasteiger partial charge in [-0.2, -0.15) is 0 Å². The maximum atomic E-state index is 11.1. The average Bonchev–Trinajstić information content (AvgIpc) is 2.88. The van der Waals surface area contributed by atoms with Crippen LogP contribution in [0.1, 0.15) is 49.0 Å². The van der Waals surface area contributed by atoms with E-state index in [1.165, 1.54) is 5.56 Å². The number of benzene rings is 2. The van der Waals surface area contributed by atoms with E-state index in [4.69, 9.17) is 9.47 Å². The summed E-state index contributed by atoms with van der Waals surface area (Å²) in [5.41, 5.74) is 4.36. The van der Waals surface area contributed by atoms with Gasteiger partial charge >= 0.3 is 0 Å². The number of aliphatic hydroxyl groups is 1. The lowest BCUT2D eigenvalue weighted by Crippen LogP contribution is -2.53. The molecule has 5 rings (SSSR count). The molecule has 0 aliphatic carbocycles. The molecule has 3 aromatic rings. The van der Waals surface area contributed by atoms with Crippen molar-refractivity contribution in [2.75, 3.05) is 32.8 Å². The quantitative estimate of drug-likeness (QED) is 0.544. The Morgan fingerprint density at radius 1 is 1.09 bits per heavy atom. The maximum absolute atomic E-state index is 11.1. The molecule has 3 heterocycles. The molecule has 0 bridgehead atoms. The molecule has 0 radical (unpaired) electrons. The van der Waals surface area contributed by atoms with Gasteiger partial charge in [-0.15, -0.1) is 0 Å². The fourth-order valence-corrected chi connectivity index (χ4v) is 5.22. The first kappa shape index (κ1) is 23.1. The molecule has 2 aromatic carbocycles. The van der Waals surface area contributed by atoms with Crippen LogP contribution >= 0.6 is 0 Å². The van der Waals surface area contributed by atoms with E-state index in [9.17, 15) is 5.11 Å². The lowest BCUT2D eigenvalue weighted by Gasteiger charge is -2.43. The fourth-order valence-electron chi connectivity index (χ4n) is 5.22. The van der Waals surface area contributed by atoms with Crippen molar-refractivity contribution >= 4 is 10.9 Å². The summed E-state index contributed by atoms with van der Waals surface area (Å²) in [6.07, 6.45) is 4.58. The summed E-state index contributed by atoms with van der Waals surface area (Å²) in [5.74, 6) is 1.68. The van der Waals surface area contributed by atoms with Crippen LogP contribution in [0.2, 0.25) is 0 Å². The average molecular weight is 462 g/mol. The number of hydrogen-bond acceptors (Lipinski definition) is 6. The minimum Gasteiger partial charge on any atom is -0.486 e. The Labute approximate surface area is 201 Å². The largest absolute Gasteiger partial charge is 0.486 e. The zero-order chi connectivity index (χ0) is 23.5. The molecule has 6 heteroatoms. The highest BCUT2D eigenvalue weighted by atomic mass is 16.6. The van der Waals surface area contributed by atoms with Gasteiger partial charge in [-0.05, 0) is 67.1 Å². The molecule has 180 valence electrons. The molecule has 2 aliphatic heterocycles. The first-order chi connectivity index (χ1) is 16.5. The van der Waals surface area contributed by atoms with E-state index in [1.807, 2.05) is 37.4 Å². The summed E-state index contributed by atoms with van der Waals surface area (Å²) in [6, 6.07) is 14.4. The van der Waals surface area contributed by atoms with Gasteiger partial charge in [-0.3, -0.25) is 4.98 Å². The van der Waals surface area contributed by atoms with Crippen molar-refractivity contribution in [3.05, 3.63) is 65.4 Å². The van der Waals surface area contributed by atoms with Crippen LogP contribution in [0.3, 0.4) is 0 Å². The topological polar surface area (TPSA) is 66.8 Å². The number of fused-ring (bicyclic) bond motifs is 2. The normalized spacial score (nSPS) is 18.7. The van der Waals surface area contributed by atoms with Crippen molar-refractivity contribution in [3.8, 4) is 11.5 Å². The molecule has 0 saturated carbocycles. The van der Waals surface area contributed by atoms with Gasteiger partial charge in [0.25, 0.3) is 0 Å². The van der Waals surface area contributed by atoms with E-state index >= 15 is 0 Å². The fraction of sp³-hybridized carbons (Fsp3) is 0.464. The Hall–Kier alpha value is -2.67. The standard InChI is InChI=1S/C28H35N3O3/c1-3-28(30-18-21-7-8-26-27(16-21)34-14-13-33-26)9-11-31(12-10-28)19-25(32)22-5-4-6-24-23(22)15-20(2)17-29-24/h4-8,15-17,25,30,32H,3,9-14,18-19H2,1-2H3. The molecule has 6 nitrogen and oxygen atoms in total. The van der Waals surface area contributed by atoms with Crippen LogP contribution in [-0.2, 0) is 6.54 Å². The third kappa shape index (κ3) is 4.90. The Morgan fingerprint density at radius 2 is 1.88 bits per heavy atom. The highest BCUT2D eigenvalue weighted by molar-refractivity contribution is 5.83. The number of ether oxygens (including phenoxy) is 2. The third-order valence-corrected chi connectivity index (χ3v) is 7.45. The number of rotatable bonds is 7. The zero-order valence-corrected chi connectivity index (χ0v) is 20.2. The SMILES string of the molecule is CCC1(NCc2ccc3c(c2)OCCO3)CCN(CC(O)c2cccc3ncc(C)cc23)CC1. The van der Waals surface area contributed by atoms with E-state index in [0.717, 1.165) is 72.4 Å². The first-order valence-electron chi connectivity index (χ1n) is 12.4. The molecule has 34 heavy (non-hydrogen) atoms. The van der Waals surface area contributed by atoms with Crippen molar-refractivity contribution in [2.24, 2.45) is 0 Å². The Bertz CT molecular complexity index is 1140. The van der Waals surface area contributed by atoms with E-state index in [1.54, 1.807) is 0 Å². The van der Waals surface area contributed by atoms with Crippen LogP contribution in [0.25, 0.3) is 10.9 Å². The second kappa shape index (κ2) is 9.90. The number of nitrogens with one attached hydrogen (secondary N) is 1. The van der Waals surface area contributed by atoms with Gasteiger partial charge in [0, 0.05) is 43.3 Å². The predicted molar refractivity (Wildman–Crippen MR) is 134 cm³/mol. The zero-order valence-electron chi connectivity index (χ0n) is 20.2. The van der Waals surface area contributed by atoms with Crippen LogP contribution in [0.4, 0.5) is 0 Å². The predicted octanol–water partition coefficient (Wildman–Crippen LogP) is 4.38. The molecule has 0 amide bonds. The summed E-state index contributed by atoms with van der Waals surface area (Å²) in [5, 5.41) is 16.0. The minimum absolute atomic E-state index is 0.120. The van der Waals surface area contributed by atoms with Gasteiger partial charge in [-0.25, -0.2) is 0 Å². The molecule has 2 aliphatic rings. The number of hydrogen-bond donors (Lipinski definition) is 2. The van der Waals surface area contributed by atoms with Crippen molar-refractivity contribution < 1.29 is 14.6 Å². The minimum atomic E-state index is -0.521. The van der Waals surface area contributed by atoms with Gasteiger partial charge in [0.1, 0.15) is 13.2 Å². The monoisotopic (exact) mass is 461 g/mol. The van der Waals surface area contributed by atoms with Crippen molar-refractivity contribution in [2.45, 2.75) is 51.3 Å². The number of aliphatic hydroxyl groups excluding tert-OH is 1. The van der Waals surface area contributed by atoms with Gasteiger partial charge in [0.2, 0.25) is 0 Å². The van der Waals surface area contributed by atoms with Gasteiger partial charge in [-0.1, -0.05) is 25.1 Å². The van der Waals surface area contributed by atoms with Crippen LogP contribution < -0.4 is 14.8 Å². The van der Waals surface area contributed by atoms with Crippen molar-refractivity contribution in [1.29, 1.82) is 0 Å². The number of pyridine rings is 1. The van der Waals surface area contributed by atoms with Crippen molar-refractivity contribution in [3.63, 3.8) is 0 Å². The number of β-amino-alcohol motifs (C(OH)–C–C–N with tert-alkyl or cyclic N) is 1. The molecule has 1 saturated heterocycles. The van der Waals surface area contributed by atoms with Gasteiger partial charge in [0.15, 0.2) is 11.5 Å². The van der Waals surface area contributed by atoms with Gasteiger partial charge < -0.3 is 24.8 Å². The van der Waals surface area contributed by atoms with Crippen LogP contribution in [-0.4, -0.2) is 53.4 Å². The second-order valence-electron chi connectivity index (χ2n) is 9.71. The highest BCUT2D eigenvalue weighted by Crippen LogP contribution is 2.32. The third-order valence-electron chi connectivity index (χ3n) is 7.45. The van der Waals surface area contributed by atoms with Crippen LogP contribution in [0.5, 0.6) is 11.5 Å². The smallest absolute Gasteiger partial charge is 0.161 e. The molecule has 1 atom stereocenters. The summed E-state index contributed by atoms with van der Waals surface area (Å²) < 4.78 is 11.4. The highest BCUT2D eigenvalue weighted by Gasteiger charge is 2.33. The summed E-state index contributed by atoms with van der Waals surface area (Å²) in [7, 11) is 0. The molecular formula is C28H35N3O3. The maximum Gasteiger partial charge on any atom is 0.161 e. The Kier molecular flexibility index (Phi) is 6.73. The number of likely N-dealkylation sites (tertiary alicyclic amines) is 1. The number of nitrogens with zero attached hydrogens (tertiary/aromatic N) is 2. The Balaban J connectivity index is 1.19. The number of aryl methyl sites for hydroxylation is 1. The Morgan fingerprint density at radius 3 is 2.68 bits per heavy atom. The van der Waals surface area contributed by atoms with Gasteiger partial charge in [0.05, 0.1) is 11.6 Å². The number of piperidine rings is 1. The van der Waals surface area contributed by atoms with E-state index in [-0.39, 0.29) is 5.54 Å². The molecular weight excluding hydrogens is 426 g/mol. The molecule has 1 unspecified atom stereocenters. The van der Waals surface area contributed by atoms with Crippen molar-refractivity contribution in [1.82, 2.24) is 15.2 Å².